The maximum absolute atomic E-state index is 14.7. The van der Waals surface area contributed by atoms with E-state index in [0.29, 0.717) is 24.5 Å². The highest BCUT2D eigenvalue weighted by Crippen LogP contribution is 2.66. The van der Waals surface area contributed by atoms with Crippen molar-refractivity contribution in [1.82, 2.24) is 4.90 Å². The normalized spacial score (nSPS) is 31.1. The largest absolute Gasteiger partial charge is 0.497 e. The molecule has 220 valence electrons. The number of likely N-dealkylation sites (tertiary alicyclic amines) is 1. The number of hydrogen-bond acceptors (Lipinski definition) is 6. The second-order valence-electron chi connectivity index (χ2n) is 12.0. The molecule has 0 bridgehead atoms. The molecule has 1 spiro atoms. The minimum atomic E-state index is -0.989. The van der Waals surface area contributed by atoms with Crippen molar-refractivity contribution in [3.8, 4) is 5.75 Å². The van der Waals surface area contributed by atoms with E-state index >= 15 is 0 Å². The number of fused-ring (bicyclic) bond motifs is 2. The van der Waals surface area contributed by atoms with Crippen LogP contribution in [0.5, 0.6) is 5.75 Å². The molecule has 4 heterocycles. The van der Waals surface area contributed by atoms with Gasteiger partial charge in [0.25, 0.3) is 5.91 Å². The summed E-state index contributed by atoms with van der Waals surface area (Å²) >= 11 is 1.55. The molecular weight excluding hydrogens is 550 g/mol. The number of aliphatic hydroxyl groups is 1. The number of thioether (sulfide) groups is 1. The Balaban J connectivity index is 1.49. The average Bonchev–Trinajstić information content (AvgIpc) is 3.25. The summed E-state index contributed by atoms with van der Waals surface area (Å²) < 4.78 is 3.62. The molecule has 8 nitrogen and oxygen atoms in total. The summed E-state index contributed by atoms with van der Waals surface area (Å²) in [6.45, 7) is 6.36. The van der Waals surface area contributed by atoms with Crippen molar-refractivity contribution < 1.29 is 24.2 Å². The summed E-state index contributed by atoms with van der Waals surface area (Å²) in [7, 11) is 1.59. The third-order valence-corrected chi connectivity index (χ3v) is 11.1. The zero-order valence-electron chi connectivity index (χ0n) is 24.3. The van der Waals surface area contributed by atoms with Crippen molar-refractivity contribution in [1.29, 1.82) is 0 Å². The Morgan fingerprint density at radius 2 is 1.50 bits per heavy atom. The molecule has 0 aromatic heterocycles. The number of nitrogens with zero attached hydrogens (tertiary/aromatic N) is 3. The molecule has 2 fully saturated rings. The van der Waals surface area contributed by atoms with Crippen LogP contribution in [0.1, 0.15) is 20.8 Å². The molecular formula is C33H37N3O5S. The highest BCUT2D eigenvalue weighted by molar-refractivity contribution is 8.02. The van der Waals surface area contributed by atoms with Gasteiger partial charge in [0.05, 0.1) is 36.3 Å². The maximum Gasteiger partial charge on any atom is 0.251 e. The Morgan fingerprint density at radius 3 is 2.12 bits per heavy atom. The van der Waals surface area contributed by atoms with Crippen LogP contribution in [-0.4, -0.2) is 76.1 Å². The van der Waals surface area contributed by atoms with E-state index in [1.54, 1.807) is 33.6 Å². The third kappa shape index (κ3) is 4.20. The van der Waals surface area contributed by atoms with Gasteiger partial charge in [-0.1, -0.05) is 56.4 Å². The van der Waals surface area contributed by atoms with E-state index in [-0.39, 0.29) is 30.2 Å². The molecule has 2 aromatic rings. The topological polar surface area (TPSA) is 90.4 Å². The highest BCUT2D eigenvalue weighted by Gasteiger charge is 2.74. The average molecular weight is 588 g/mol. The van der Waals surface area contributed by atoms with Crippen LogP contribution in [0.4, 0.5) is 11.4 Å². The number of carbonyl (C=O) groups excluding carboxylic acids is 3. The van der Waals surface area contributed by atoms with Crippen molar-refractivity contribution in [2.24, 2.45) is 17.8 Å². The van der Waals surface area contributed by atoms with Gasteiger partial charge in [-0.3, -0.25) is 14.4 Å². The Kier molecular flexibility index (Phi) is 7.22. The minimum absolute atomic E-state index is 0.105. The van der Waals surface area contributed by atoms with Gasteiger partial charge < -0.3 is 24.5 Å². The molecule has 4 aliphatic rings. The number of anilines is 2. The summed E-state index contributed by atoms with van der Waals surface area (Å²) in [5.41, 5.74) is 1.47. The van der Waals surface area contributed by atoms with Gasteiger partial charge in [-0.2, -0.15) is 0 Å². The first-order valence-electron chi connectivity index (χ1n) is 14.5. The minimum Gasteiger partial charge on any atom is -0.497 e. The zero-order valence-corrected chi connectivity index (χ0v) is 25.2. The van der Waals surface area contributed by atoms with Crippen molar-refractivity contribution in [2.75, 3.05) is 36.6 Å². The third-order valence-electron chi connectivity index (χ3n) is 9.26. The number of hydrogen-bond donors (Lipinski definition) is 1. The molecule has 9 heteroatoms. The van der Waals surface area contributed by atoms with Crippen LogP contribution < -0.4 is 14.5 Å². The molecule has 6 rings (SSSR count). The van der Waals surface area contributed by atoms with Crippen molar-refractivity contribution >= 4 is 40.9 Å². The molecule has 1 unspecified atom stereocenters. The van der Waals surface area contributed by atoms with Gasteiger partial charge in [0.1, 0.15) is 11.8 Å². The van der Waals surface area contributed by atoms with E-state index in [1.807, 2.05) is 93.6 Å². The summed E-state index contributed by atoms with van der Waals surface area (Å²) in [5, 5.41) is 10.6. The van der Waals surface area contributed by atoms with E-state index in [4.69, 9.17) is 4.74 Å². The predicted octanol–water partition coefficient (Wildman–Crippen LogP) is 3.91. The SMILES string of the molecule is COc1ccc(N2CC=C[C@]34S[C@@]5(C)C=CCN(c6ccccc6)C(=O)[C@H]5[C@H]3C(=O)N([C@@H](CO)C(C)C)C4C2=O)cc1. The summed E-state index contributed by atoms with van der Waals surface area (Å²) in [4.78, 5) is 49.0. The van der Waals surface area contributed by atoms with Gasteiger partial charge in [0.15, 0.2) is 0 Å². The number of rotatable bonds is 6. The van der Waals surface area contributed by atoms with Crippen LogP contribution in [0.25, 0.3) is 0 Å². The smallest absolute Gasteiger partial charge is 0.251 e. The lowest BCUT2D eigenvalue weighted by molar-refractivity contribution is -0.143. The second-order valence-corrected chi connectivity index (χ2v) is 13.8. The maximum atomic E-state index is 14.7. The van der Waals surface area contributed by atoms with E-state index < -0.39 is 33.4 Å². The molecule has 0 aliphatic carbocycles. The van der Waals surface area contributed by atoms with Crippen LogP contribution in [0, 0.1) is 17.8 Å². The predicted molar refractivity (Wildman–Crippen MR) is 164 cm³/mol. The number of para-hydroxylation sites is 1. The number of amides is 3. The first-order chi connectivity index (χ1) is 20.2. The summed E-state index contributed by atoms with van der Waals surface area (Å²) in [5.74, 6) is -1.49. The standard InChI is InChI=1S/C33H37N3O5S/c1-21(2)25(20-37)36-28-31(40)35(23-12-14-24(41-4)15-13-23)19-9-17-33(28)27(30(36)39)26-29(38)34(22-10-6-5-7-11-22)18-8-16-32(26,3)42-33/h5-17,21,25-28,37H,18-20H2,1-4H3/t25-,26+,27-,28?,32-,33-/m0/s1. The van der Waals surface area contributed by atoms with Crippen LogP contribution in [0.3, 0.4) is 0 Å². The highest BCUT2D eigenvalue weighted by atomic mass is 32.2. The number of ether oxygens (including phenoxy) is 1. The van der Waals surface area contributed by atoms with Gasteiger partial charge in [-0.15, -0.1) is 11.8 Å². The van der Waals surface area contributed by atoms with Gasteiger partial charge in [0.2, 0.25) is 11.8 Å². The summed E-state index contributed by atoms with van der Waals surface area (Å²) in [6.07, 6.45) is 8.03. The number of benzene rings is 2. The first-order valence-corrected chi connectivity index (χ1v) is 15.3. The number of carbonyl (C=O) groups is 3. The van der Waals surface area contributed by atoms with Crippen LogP contribution in [0.2, 0.25) is 0 Å². The fourth-order valence-electron chi connectivity index (χ4n) is 7.27. The van der Waals surface area contributed by atoms with Gasteiger partial charge in [-0.25, -0.2) is 0 Å². The van der Waals surface area contributed by atoms with Crippen LogP contribution in [-0.2, 0) is 14.4 Å². The Bertz CT molecular complexity index is 1440. The molecule has 4 aliphatic heterocycles. The van der Waals surface area contributed by atoms with E-state index in [9.17, 15) is 19.5 Å². The lowest BCUT2D eigenvalue weighted by Crippen LogP contribution is -2.58. The first kappa shape index (κ1) is 28.6. The van der Waals surface area contributed by atoms with E-state index in [1.165, 1.54) is 0 Å². The Hall–Kier alpha value is -3.56. The van der Waals surface area contributed by atoms with Gasteiger partial charge in [0, 0.05) is 29.2 Å². The van der Waals surface area contributed by atoms with Crippen molar-refractivity contribution in [3.63, 3.8) is 0 Å². The number of aliphatic hydroxyl groups excluding tert-OH is 1. The zero-order chi connectivity index (χ0) is 29.8. The van der Waals surface area contributed by atoms with Crippen molar-refractivity contribution in [2.45, 2.75) is 42.3 Å². The van der Waals surface area contributed by atoms with Crippen LogP contribution in [0.15, 0.2) is 78.9 Å². The molecule has 3 amide bonds. The second kappa shape index (κ2) is 10.6. The Morgan fingerprint density at radius 1 is 0.881 bits per heavy atom. The van der Waals surface area contributed by atoms with Gasteiger partial charge >= 0.3 is 0 Å². The molecule has 1 N–H and O–H groups in total. The molecule has 6 atom stereocenters. The molecule has 2 aromatic carbocycles. The van der Waals surface area contributed by atoms with E-state index in [2.05, 4.69) is 6.08 Å². The molecule has 0 radical (unpaired) electrons. The fraction of sp³-hybridized carbons (Fsp3) is 0.424. The molecule has 0 saturated carbocycles. The summed E-state index contributed by atoms with van der Waals surface area (Å²) in [6, 6.07) is 15.3. The van der Waals surface area contributed by atoms with Crippen molar-refractivity contribution in [3.05, 3.63) is 78.9 Å². The monoisotopic (exact) mass is 587 g/mol. The van der Waals surface area contributed by atoms with Gasteiger partial charge in [-0.05, 0) is 49.2 Å². The quantitative estimate of drug-likeness (QED) is 0.516. The van der Waals surface area contributed by atoms with E-state index in [0.717, 1.165) is 5.69 Å². The molecule has 2 saturated heterocycles. The Labute approximate surface area is 251 Å². The number of methoxy groups -OCH3 is 1. The molecule has 42 heavy (non-hydrogen) atoms. The lowest BCUT2D eigenvalue weighted by atomic mass is 9.74. The lowest BCUT2D eigenvalue weighted by Gasteiger charge is -2.41. The fourth-order valence-corrected chi connectivity index (χ4v) is 9.42. The van der Waals surface area contributed by atoms with Crippen LogP contribution >= 0.6 is 11.8 Å².